The second-order valence-electron chi connectivity index (χ2n) is 4.70. The van der Waals surface area contributed by atoms with Gasteiger partial charge in [-0.2, -0.15) is 0 Å². The molecule has 2 rings (SSSR count). The number of aliphatic hydroxyl groups is 1. The van der Waals surface area contributed by atoms with Crippen LogP contribution in [0.25, 0.3) is 0 Å². The molecule has 1 aromatic rings. The number of Topliss-reactive ketones (excluding diaryl/α,β-unsaturated/α-hetero) is 1. The minimum absolute atomic E-state index is 0.0427. The van der Waals surface area contributed by atoms with Crippen molar-refractivity contribution in [2.24, 2.45) is 0 Å². The minimum atomic E-state index is 0.0427. The minimum Gasteiger partial charge on any atom is -0.487 e. The SMILES string of the molecule is CC1CNc2cc(C(=O)CNCCCO)ccc2O1. The van der Waals surface area contributed by atoms with Crippen molar-refractivity contribution in [3.8, 4) is 5.75 Å². The van der Waals surface area contributed by atoms with Gasteiger partial charge in [-0.1, -0.05) is 0 Å². The molecule has 104 valence electrons. The molecule has 0 bridgehead atoms. The molecule has 1 aliphatic rings. The van der Waals surface area contributed by atoms with Gasteiger partial charge in [0.25, 0.3) is 0 Å². The normalized spacial score (nSPS) is 17.3. The number of aliphatic hydroxyl groups excluding tert-OH is 1. The molecule has 0 spiro atoms. The van der Waals surface area contributed by atoms with E-state index in [1.165, 1.54) is 0 Å². The van der Waals surface area contributed by atoms with E-state index in [1.807, 2.05) is 19.1 Å². The number of anilines is 1. The van der Waals surface area contributed by atoms with E-state index in [0.717, 1.165) is 18.0 Å². The molecule has 1 aliphatic heterocycles. The third kappa shape index (κ3) is 3.68. The quantitative estimate of drug-likeness (QED) is 0.529. The first-order chi connectivity index (χ1) is 9.20. The summed E-state index contributed by atoms with van der Waals surface area (Å²) >= 11 is 0. The van der Waals surface area contributed by atoms with Gasteiger partial charge in [0.05, 0.1) is 18.8 Å². The zero-order valence-corrected chi connectivity index (χ0v) is 11.1. The number of benzene rings is 1. The number of carbonyl (C=O) groups is 1. The Morgan fingerprint density at radius 3 is 3.21 bits per heavy atom. The number of hydrogen-bond donors (Lipinski definition) is 3. The van der Waals surface area contributed by atoms with E-state index in [2.05, 4.69) is 10.6 Å². The van der Waals surface area contributed by atoms with Gasteiger partial charge >= 0.3 is 0 Å². The molecule has 19 heavy (non-hydrogen) atoms. The monoisotopic (exact) mass is 264 g/mol. The Kier molecular flexibility index (Phi) is 4.76. The molecule has 0 amide bonds. The average molecular weight is 264 g/mol. The highest BCUT2D eigenvalue weighted by atomic mass is 16.5. The Bertz CT molecular complexity index is 448. The fourth-order valence-electron chi connectivity index (χ4n) is 1.96. The molecule has 0 fully saturated rings. The van der Waals surface area contributed by atoms with Crippen LogP contribution in [0, 0.1) is 0 Å². The van der Waals surface area contributed by atoms with Crippen LogP contribution in [0.4, 0.5) is 5.69 Å². The summed E-state index contributed by atoms with van der Waals surface area (Å²) in [6.45, 7) is 3.82. The van der Waals surface area contributed by atoms with E-state index in [9.17, 15) is 4.79 Å². The number of nitrogens with one attached hydrogen (secondary N) is 2. The molecule has 5 heteroatoms. The molecule has 0 aromatic heterocycles. The lowest BCUT2D eigenvalue weighted by Crippen LogP contribution is -2.28. The van der Waals surface area contributed by atoms with Crippen molar-refractivity contribution in [2.45, 2.75) is 19.4 Å². The van der Waals surface area contributed by atoms with Crippen molar-refractivity contribution in [3.63, 3.8) is 0 Å². The van der Waals surface area contributed by atoms with Crippen molar-refractivity contribution in [1.82, 2.24) is 5.32 Å². The van der Waals surface area contributed by atoms with Crippen molar-refractivity contribution < 1.29 is 14.6 Å². The van der Waals surface area contributed by atoms with E-state index in [-0.39, 0.29) is 25.0 Å². The predicted octanol–water partition coefficient (Wildman–Crippen LogP) is 1.03. The maximum Gasteiger partial charge on any atom is 0.176 e. The van der Waals surface area contributed by atoms with E-state index < -0.39 is 0 Å². The average Bonchev–Trinajstić information content (AvgIpc) is 2.42. The van der Waals surface area contributed by atoms with Crippen LogP contribution in [0.2, 0.25) is 0 Å². The van der Waals surface area contributed by atoms with Gasteiger partial charge < -0.3 is 20.5 Å². The summed E-state index contributed by atoms with van der Waals surface area (Å²) in [7, 11) is 0. The van der Waals surface area contributed by atoms with Crippen LogP contribution >= 0.6 is 0 Å². The lowest BCUT2D eigenvalue weighted by Gasteiger charge is -2.25. The standard InChI is InChI=1S/C14H20N2O3/c1-10-8-16-12-7-11(3-4-14(12)19-10)13(18)9-15-5-2-6-17/h3-4,7,10,15-17H,2,5-6,8-9H2,1H3. The highest BCUT2D eigenvalue weighted by Crippen LogP contribution is 2.29. The van der Waals surface area contributed by atoms with Crippen LogP contribution in [-0.4, -0.2) is 43.2 Å². The van der Waals surface area contributed by atoms with Crippen molar-refractivity contribution >= 4 is 11.5 Å². The Morgan fingerprint density at radius 1 is 1.58 bits per heavy atom. The predicted molar refractivity (Wildman–Crippen MR) is 73.9 cm³/mol. The Morgan fingerprint density at radius 2 is 2.42 bits per heavy atom. The van der Waals surface area contributed by atoms with Gasteiger partial charge in [0, 0.05) is 12.2 Å². The maximum atomic E-state index is 12.0. The second-order valence-corrected chi connectivity index (χ2v) is 4.70. The van der Waals surface area contributed by atoms with Crippen LogP contribution in [0.3, 0.4) is 0 Å². The highest BCUT2D eigenvalue weighted by molar-refractivity contribution is 5.98. The molecule has 5 nitrogen and oxygen atoms in total. The summed E-state index contributed by atoms with van der Waals surface area (Å²) in [6.07, 6.45) is 0.805. The van der Waals surface area contributed by atoms with Crippen molar-refractivity contribution in [1.29, 1.82) is 0 Å². The number of ether oxygens (including phenoxy) is 1. The molecular weight excluding hydrogens is 244 g/mol. The van der Waals surface area contributed by atoms with Crippen molar-refractivity contribution in [3.05, 3.63) is 23.8 Å². The zero-order valence-electron chi connectivity index (χ0n) is 11.1. The molecule has 1 atom stereocenters. The van der Waals surface area contributed by atoms with Gasteiger partial charge in [0.1, 0.15) is 11.9 Å². The molecule has 1 aromatic carbocycles. The fraction of sp³-hybridized carbons (Fsp3) is 0.500. The Balaban J connectivity index is 1.95. The van der Waals surface area contributed by atoms with Gasteiger partial charge in [-0.25, -0.2) is 0 Å². The van der Waals surface area contributed by atoms with Gasteiger partial charge in [0.15, 0.2) is 5.78 Å². The van der Waals surface area contributed by atoms with E-state index in [1.54, 1.807) is 6.07 Å². The van der Waals surface area contributed by atoms with Crippen molar-refractivity contribution in [2.75, 3.05) is 31.6 Å². The third-order valence-corrected chi connectivity index (χ3v) is 3.01. The van der Waals surface area contributed by atoms with Crippen LogP contribution in [0.15, 0.2) is 18.2 Å². The van der Waals surface area contributed by atoms with Crippen LogP contribution in [0.1, 0.15) is 23.7 Å². The first kappa shape index (κ1) is 13.8. The van der Waals surface area contributed by atoms with Gasteiger partial charge in [-0.05, 0) is 38.1 Å². The second kappa shape index (κ2) is 6.54. The van der Waals surface area contributed by atoms with Crippen LogP contribution < -0.4 is 15.4 Å². The van der Waals surface area contributed by atoms with Crippen LogP contribution in [0.5, 0.6) is 5.75 Å². The van der Waals surface area contributed by atoms with E-state index in [4.69, 9.17) is 9.84 Å². The van der Waals surface area contributed by atoms with E-state index in [0.29, 0.717) is 18.5 Å². The Hall–Kier alpha value is -1.59. The zero-order chi connectivity index (χ0) is 13.7. The van der Waals surface area contributed by atoms with Crippen LogP contribution in [-0.2, 0) is 0 Å². The number of fused-ring (bicyclic) bond motifs is 1. The summed E-state index contributed by atoms with van der Waals surface area (Å²) < 4.78 is 5.66. The summed E-state index contributed by atoms with van der Waals surface area (Å²) in [5.41, 5.74) is 1.54. The smallest absolute Gasteiger partial charge is 0.176 e. The molecule has 0 aliphatic carbocycles. The maximum absolute atomic E-state index is 12.0. The first-order valence-electron chi connectivity index (χ1n) is 6.60. The van der Waals surface area contributed by atoms with Gasteiger partial charge in [0.2, 0.25) is 0 Å². The molecule has 0 saturated heterocycles. The lowest BCUT2D eigenvalue weighted by atomic mass is 10.1. The fourth-order valence-corrected chi connectivity index (χ4v) is 1.96. The highest BCUT2D eigenvalue weighted by Gasteiger charge is 2.17. The molecular formula is C14H20N2O3. The first-order valence-corrected chi connectivity index (χ1v) is 6.60. The molecule has 0 saturated carbocycles. The molecule has 3 N–H and O–H groups in total. The van der Waals surface area contributed by atoms with Gasteiger partial charge in [-0.15, -0.1) is 0 Å². The lowest BCUT2D eigenvalue weighted by molar-refractivity contribution is 0.0990. The molecule has 0 radical (unpaired) electrons. The Labute approximate surface area is 113 Å². The summed E-state index contributed by atoms with van der Waals surface area (Å²) in [5.74, 6) is 0.838. The summed E-state index contributed by atoms with van der Waals surface area (Å²) in [6, 6.07) is 5.45. The molecule has 1 heterocycles. The largest absolute Gasteiger partial charge is 0.487 e. The third-order valence-electron chi connectivity index (χ3n) is 3.01. The summed E-state index contributed by atoms with van der Waals surface area (Å²) in [5, 5.41) is 14.9. The number of carbonyl (C=O) groups excluding carboxylic acids is 1. The number of ketones is 1. The van der Waals surface area contributed by atoms with Gasteiger partial charge in [-0.3, -0.25) is 4.79 Å². The van der Waals surface area contributed by atoms with E-state index >= 15 is 0 Å². The molecule has 1 unspecified atom stereocenters. The summed E-state index contributed by atoms with van der Waals surface area (Å²) in [4.78, 5) is 12.0. The number of hydrogen-bond acceptors (Lipinski definition) is 5. The topological polar surface area (TPSA) is 70.6 Å². The number of rotatable bonds is 6.